The second kappa shape index (κ2) is 13.0. The fraction of sp³-hybridized carbons (Fsp3) is 0.0847. The summed E-state index contributed by atoms with van der Waals surface area (Å²) in [6.07, 6.45) is 0. The first kappa shape index (κ1) is 34.1. The second-order valence-electron chi connectivity index (χ2n) is 17.2. The maximum Gasteiger partial charge on any atom is 0.0352 e. The van der Waals surface area contributed by atoms with E-state index >= 15 is 0 Å². The molecule has 2 unspecified atom stereocenters. The van der Waals surface area contributed by atoms with E-state index < -0.39 is 0 Å². The highest BCUT2D eigenvalue weighted by Gasteiger charge is 2.42. The Kier molecular flexibility index (Phi) is 7.50. The molecule has 2 atom stereocenters. The molecular weight excluding hydrogens is 709 g/mol. The largest absolute Gasteiger partial charge is 0.0622 e. The van der Waals surface area contributed by atoms with E-state index in [2.05, 4.69) is 220 Å². The number of rotatable bonds is 5. The van der Waals surface area contributed by atoms with Gasteiger partial charge in [-0.3, -0.25) is 0 Å². The number of hydrogen-bond acceptors (Lipinski definition) is 0. The molecule has 0 aromatic heterocycles. The zero-order valence-corrected chi connectivity index (χ0v) is 33.3. The molecule has 0 N–H and O–H groups in total. The van der Waals surface area contributed by atoms with Crippen molar-refractivity contribution in [1.82, 2.24) is 0 Å². The Morgan fingerprint density at radius 1 is 0.305 bits per heavy atom. The minimum absolute atomic E-state index is 0.124. The lowest BCUT2D eigenvalue weighted by atomic mass is 9.78. The van der Waals surface area contributed by atoms with Crippen LogP contribution < -0.4 is 0 Å². The molecule has 0 spiro atoms. The fourth-order valence-electron chi connectivity index (χ4n) is 10.9. The number of fused-ring (bicyclic) bond motifs is 10. The Hall–Kier alpha value is -7.02. The Labute approximate surface area is 347 Å². The first-order valence-corrected chi connectivity index (χ1v) is 21.0. The maximum atomic E-state index is 2.51. The molecular formula is C59H42. The summed E-state index contributed by atoms with van der Waals surface area (Å²) < 4.78 is 0. The van der Waals surface area contributed by atoms with Crippen LogP contribution >= 0.6 is 0 Å². The Morgan fingerprint density at radius 2 is 0.814 bits per heavy atom. The van der Waals surface area contributed by atoms with Crippen LogP contribution in [0.1, 0.15) is 70.2 Å². The lowest BCUT2D eigenvalue weighted by molar-refractivity contribution is 0.661. The van der Waals surface area contributed by atoms with E-state index in [0.29, 0.717) is 0 Å². The minimum Gasteiger partial charge on any atom is -0.0622 e. The van der Waals surface area contributed by atoms with Gasteiger partial charge in [-0.1, -0.05) is 208 Å². The van der Waals surface area contributed by atoms with Crippen molar-refractivity contribution in [2.75, 3.05) is 0 Å². The quantitative estimate of drug-likeness (QED) is 0.164. The Morgan fingerprint density at radius 3 is 1.56 bits per heavy atom. The number of hydrogen-bond donors (Lipinski definition) is 0. The van der Waals surface area contributed by atoms with Crippen LogP contribution in [0.25, 0.3) is 66.8 Å². The lowest BCUT2D eigenvalue weighted by Crippen LogP contribution is -2.16. The molecule has 0 heteroatoms. The summed E-state index contributed by atoms with van der Waals surface area (Å²) in [6.45, 7) is 4.85. The first-order valence-electron chi connectivity index (χ1n) is 21.0. The molecule has 9 aromatic carbocycles. The summed E-state index contributed by atoms with van der Waals surface area (Å²) in [6, 6.07) is 77.4. The van der Waals surface area contributed by atoms with Crippen molar-refractivity contribution in [3.8, 4) is 66.8 Å². The third-order valence-corrected chi connectivity index (χ3v) is 13.6. The van der Waals surface area contributed by atoms with Gasteiger partial charge in [0.2, 0.25) is 0 Å². The third kappa shape index (κ3) is 5.16. The van der Waals surface area contributed by atoms with E-state index in [9.17, 15) is 0 Å². The molecule has 278 valence electrons. The van der Waals surface area contributed by atoms with E-state index in [1.165, 1.54) is 111 Å². The van der Waals surface area contributed by atoms with Crippen LogP contribution in [0.2, 0.25) is 0 Å². The summed E-state index contributed by atoms with van der Waals surface area (Å²) >= 11 is 0. The van der Waals surface area contributed by atoms with Gasteiger partial charge in [0.05, 0.1) is 0 Å². The Balaban J connectivity index is 1.00. The van der Waals surface area contributed by atoms with Gasteiger partial charge < -0.3 is 0 Å². The highest BCUT2D eigenvalue weighted by atomic mass is 14.4. The SMILES string of the molecule is CC1(C)c2ccccc2-c2ccc3c(c21)-c1cc(-c2ccc4c(c2)-c2ccccc2C4c2cccc(-c4ccccc4)c2)ccc1C3c1ccc(-c2ccccc2)cc1. The van der Waals surface area contributed by atoms with Crippen LogP contribution in [0.5, 0.6) is 0 Å². The molecule has 0 radical (unpaired) electrons. The molecule has 0 aliphatic heterocycles. The molecule has 0 heterocycles. The molecule has 0 saturated carbocycles. The topological polar surface area (TPSA) is 0 Å². The van der Waals surface area contributed by atoms with Crippen LogP contribution in [-0.2, 0) is 5.41 Å². The van der Waals surface area contributed by atoms with Crippen molar-refractivity contribution in [3.63, 3.8) is 0 Å². The second-order valence-corrected chi connectivity index (χ2v) is 17.2. The summed E-state index contributed by atoms with van der Waals surface area (Å²) in [7, 11) is 0. The van der Waals surface area contributed by atoms with E-state index in [-0.39, 0.29) is 17.3 Å². The van der Waals surface area contributed by atoms with Gasteiger partial charge in [-0.15, -0.1) is 0 Å². The molecule has 0 saturated heterocycles. The molecule has 59 heavy (non-hydrogen) atoms. The molecule has 0 fully saturated rings. The van der Waals surface area contributed by atoms with Gasteiger partial charge in [-0.05, 0) is 123 Å². The average molecular weight is 751 g/mol. The third-order valence-electron chi connectivity index (χ3n) is 13.6. The van der Waals surface area contributed by atoms with E-state index in [0.717, 1.165) is 0 Å². The van der Waals surface area contributed by atoms with Crippen LogP contribution in [0.3, 0.4) is 0 Å². The molecule has 3 aliphatic carbocycles. The van der Waals surface area contributed by atoms with Crippen LogP contribution in [-0.4, -0.2) is 0 Å². The molecule has 0 bridgehead atoms. The predicted molar refractivity (Wildman–Crippen MR) is 246 cm³/mol. The van der Waals surface area contributed by atoms with Gasteiger partial charge in [-0.25, -0.2) is 0 Å². The minimum atomic E-state index is -0.124. The molecule has 0 nitrogen and oxygen atoms in total. The van der Waals surface area contributed by atoms with Crippen LogP contribution in [0.4, 0.5) is 0 Å². The van der Waals surface area contributed by atoms with Crippen molar-refractivity contribution in [2.45, 2.75) is 31.1 Å². The van der Waals surface area contributed by atoms with Crippen LogP contribution in [0, 0.1) is 0 Å². The standard InChI is InChI=1S/C59H42/c1-59(2)54-23-12-11-21-46(54)50-32-33-51-55(40-26-24-39(25-27-40)37-14-5-3-6-15-37)49-31-29-43(36-53(49)57(51)58(50)59)42-28-30-48-52(35-42)45-20-9-10-22-47(45)56(48)44-19-13-18-41(34-44)38-16-7-4-8-17-38/h3-36,55-56H,1-2H3. The van der Waals surface area contributed by atoms with Gasteiger partial charge in [0.15, 0.2) is 0 Å². The summed E-state index contributed by atoms with van der Waals surface area (Å²) in [5.41, 5.74) is 26.7. The van der Waals surface area contributed by atoms with E-state index in [4.69, 9.17) is 0 Å². The smallest absolute Gasteiger partial charge is 0.0352 e. The molecule has 12 rings (SSSR count). The molecule has 9 aromatic rings. The average Bonchev–Trinajstić information content (AvgIpc) is 3.89. The van der Waals surface area contributed by atoms with Gasteiger partial charge in [0.25, 0.3) is 0 Å². The highest BCUT2D eigenvalue weighted by Crippen LogP contribution is 2.59. The van der Waals surface area contributed by atoms with E-state index in [1.54, 1.807) is 0 Å². The first-order chi connectivity index (χ1) is 29.0. The van der Waals surface area contributed by atoms with Crippen molar-refractivity contribution < 1.29 is 0 Å². The molecule has 3 aliphatic rings. The van der Waals surface area contributed by atoms with Crippen LogP contribution in [0.15, 0.2) is 206 Å². The highest BCUT2D eigenvalue weighted by molar-refractivity contribution is 5.95. The van der Waals surface area contributed by atoms with Crippen molar-refractivity contribution in [3.05, 3.63) is 251 Å². The maximum absolute atomic E-state index is 2.51. The zero-order valence-electron chi connectivity index (χ0n) is 33.3. The van der Waals surface area contributed by atoms with E-state index in [1.807, 2.05) is 0 Å². The van der Waals surface area contributed by atoms with Gasteiger partial charge >= 0.3 is 0 Å². The monoisotopic (exact) mass is 750 g/mol. The summed E-state index contributed by atoms with van der Waals surface area (Å²) in [5, 5.41) is 0. The lowest BCUT2D eigenvalue weighted by Gasteiger charge is -2.25. The van der Waals surface area contributed by atoms with Gasteiger partial charge in [-0.2, -0.15) is 0 Å². The normalized spacial score (nSPS) is 16.1. The zero-order chi connectivity index (χ0) is 39.2. The van der Waals surface area contributed by atoms with Crippen molar-refractivity contribution in [1.29, 1.82) is 0 Å². The van der Waals surface area contributed by atoms with Crippen molar-refractivity contribution >= 4 is 0 Å². The van der Waals surface area contributed by atoms with Crippen molar-refractivity contribution in [2.24, 2.45) is 0 Å². The number of benzene rings is 9. The fourth-order valence-corrected chi connectivity index (χ4v) is 10.9. The molecule has 0 amide bonds. The van der Waals surface area contributed by atoms with Gasteiger partial charge in [0.1, 0.15) is 0 Å². The Bertz CT molecular complexity index is 3110. The van der Waals surface area contributed by atoms with Gasteiger partial charge in [0, 0.05) is 17.3 Å². The summed E-state index contributed by atoms with van der Waals surface area (Å²) in [5.74, 6) is 0.342. The predicted octanol–water partition coefficient (Wildman–Crippen LogP) is 15.3. The summed E-state index contributed by atoms with van der Waals surface area (Å²) in [4.78, 5) is 0.